The van der Waals surface area contributed by atoms with Crippen LogP contribution in [0, 0.1) is 0 Å². The molecule has 3 aromatic rings. The number of ether oxygens (including phenoxy) is 2. The van der Waals surface area contributed by atoms with Gasteiger partial charge in [-0.05, 0) is 35.4 Å². The van der Waals surface area contributed by atoms with Crippen molar-refractivity contribution in [3.8, 4) is 16.9 Å². The third-order valence-corrected chi connectivity index (χ3v) is 5.58. The first-order chi connectivity index (χ1) is 15.7. The van der Waals surface area contributed by atoms with Gasteiger partial charge >= 0.3 is 6.03 Å². The molecule has 1 aliphatic heterocycles. The van der Waals surface area contributed by atoms with Crippen molar-refractivity contribution < 1.29 is 14.3 Å². The number of nitrogens with one attached hydrogen (secondary N) is 2. The summed E-state index contributed by atoms with van der Waals surface area (Å²) in [5, 5.41) is 9.89. The van der Waals surface area contributed by atoms with E-state index in [1.165, 1.54) is 0 Å². The van der Waals surface area contributed by atoms with Crippen molar-refractivity contribution in [1.29, 1.82) is 0 Å². The zero-order valence-electron chi connectivity index (χ0n) is 18.3. The van der Waals surface area contributed by atoms with Crippen LogP contribution in [-0.4, -0.2) is 67.6 Å². The number of carbonyl (C=O) groups excluding carboxylic acids is 1. The number of morpholine rings is 1. The van der Waals surface area contributed by atoms with Gasteiger partial charge in [-0.15, -0.1) is 0 Å². The van der Waals surface area contributed by atoms with Crippen molar-refractivity contribution in [2.75, 3.05) is 51.4 Å². The van der Waals surface area contributed by atoms with E-state index in [0.717, 1.165) is 61.0 Å². The lowest BCUT2D eigenvalue weighted by Gasteiger charge is -2.30. The molecule has 0 unspecified atom stereocenters. The van der Waals surface area contributed by atoms with Gasteiger partial charge in [-0.25, -0.2) is 4.79 Å². The Kier molecular flexibility index (Phi) is 7.37. The highest BCUT2D eigenvalue weighted by atomic mass is 16.5. The van der Waals surface area contributed by atoms with Gasteiger partial charge in [0, 0.05) is 50.2 Å². The molecule has 2 aromatic carbocycles. The molecular weight excluding hydrogens is 406 g/mol. The summed E-state index contributed by atoms with van der Waals surface area (Å²) in [4.78, 5) is 17.3. The van der Waals surface area contributed by atoms with Gasteiger partial charge in [-0.3, -0.25) is 14.9 Å². The molecule has 8 heteroatoms. The maximum Gasteiger partial charge on any atom is 0.322 e. The first kappa shape index (κ1) is 21.9. The molecule has 0 bridgehead atoms. The monoisotopic (exact) mass is 435 g/mol. The number of urea groups is 1. The van der Waals surface area contributed by atoms with Crippen molar-refractivity contribution >= 4 is 11.7 Å². The van der Waals surface area contributed by atoms with E-state index in [4.69, 9.17) is 9.47 Å². The van der Waals surface area contributed by atoms with E-state index in [0.29, 0.717) is 13.1 Å². The largest absolute Gasteiger partial charge is 0.497 e. The molecule has 1 saturated heterocycles. The lowest BCUT2D eigenvalue weighted by Crippen LogP contribution is -2.46. The molecule has 0 radical (unpaired) electrons. The summed E-state index contributed by atoms with van der Waals surface area (Å²) in [6.45, 7) is 5.06. The number of aromatic nitrogens is 2. The average molecular weight is 436 g/mol. The molecule has 168 valence electrons. The SMILES string of the molecule is COc1cccc(CNC(=O)N(CCN2CCOCC2)c2ccc(-c3cn[nH]c3)cc2)c1. The molecule has 1 aromatic heterocycles. The van der Waals surface area contributed by atoms with Crippen molar-refractivity contribution in [2.24, 2.45) is 0 Å². The minimum atomic E-state index is -0.128. The summed E-state index contributed by atoms with van der Waals surface area (Å²) >= 11 is 0. The zero-order chi connectivity index (χ0) is 22.2. The Hall–Kier alpha value is -3.36. The molecule has 0 spiro atoms. The fourth-order valence-electron chi connectivity index (χ4n) is 3.71. The quantitative estimate of drug-likeness (QED) is 0.568. The van der Waals surface area contributed by atoms with Crippen LogP contribution in [0.3, 0.4) is 0 Å². The summed E-state index contributed by atoms with van der Waals surface area (Å²) in [5.41, 5.74) is 3.90. The second kappa shape index (κ2) is 10.8. The third kappa shape index (κ3) is 5.66. The first-order valence-corrected chi connectivity index (χ1v) is 10.8. The zero-order valence-corrected chi connectivity index (χ0v) is 18.3. The van der Waals surface area contributed by atoms with Gasteiger partial charge in [0.05, 0.1) is 26.5 Å². The average Bonchev–Trinajstić information content (AvgIpc) is 3.39. The molecule has 1 fully saturated rings. The van der Waals surface area contributed by atoms with Crippen LogP contribution in [0.15, 0.2) is 60.9 Å². The van der Waals surface area contributed by atoms with Gasteiger partial charge in [0.2, 0.25) is 0 Å². The number of H-pyrrole nitrogens is 1. The van der Waals surface area contributed by atoms with Crippen LogP contribution < -0.4 is 15.0 Å². The minimum absolute atomic E-state index is 0.128. The normalized spacial score (nSPS) is 14.2. The number of rotatable bonds is 8. The highest BCUT2D eigenvalue weighted by Gasteiger charge is 2.18. The molecule has 2 heterocycles. The van der Waals surface area contributed by atoms with Crippen LogP contribution in [0.5, 0.6) is 5.75 Å². The van der Waals surface area contributed by atoms with Crippen LogP contribution in [0.2, 0.25) is 0 Å². The Balaban J connectivity index is 1.46. The summed E-state index contributed by atoms with van der Waals surface area (Å²) in [5.74, 6) is 0.774. The predicted octanol–water partition coefficient (Wildman–Crippen LogP) is 3.13. The molecule has 0 aliphatic carbocycles. The summed E-state index contributed by atoms with van der Waals surface area (Å²) in [6.07, 6.45) is 3.64. The Morgan fingerprint density at radius 1 is 1.19 bits per heavy atom. The molecule has 2 amide bonds. The Morgan fingerprint density at radius 2 is 2.00 bits per heavy atom. The standard InChI is InChI=1S/C24H29N5O3/c1-31-23-4-2-3-19(15-23)16-25-24(30)29(10-9-28-11-13-32-14-12-28)22-7-5-20(6-8-22)21-17-26-27-18-21/h2-8,15,17-18H,9-14,16H2,1H3,(H,25,30)(H,26,27). The molecule has 0 saturated carbocycles. The Labute approximate surface area is 188 Å². The van der Waals surface area contributed by atoms with E-state index in [1.54, 1.807) is 18.2 Å². The van der Waals surface area contributed by atoms with E-state index in [1.807, 2.05) is 54.7 Å². The number of methoxy groups -OCH3 is 1. The van der Waals surface area contributed by atoms with E-state index < -0.39 is 0 Å². The summed E-state index contributed by atoms with van der Waals surface area (Å²) in [7, 11) is 1.64. The van der Waals surface area contributed by atoms with E-state index in [2.05, 4.69) is 20.4 Å². The highest BCUT2D eigenvalue weighted by molar-refractivity contribution is 5.92. The van der Waals surface area contributed by atoms with Gasteiger partial charge in [0.25, 0.3) is 0 Å². The number of benzene rings is 2. The van der Waals surface area contributed by atoms with E-state index >= 15 is 0 Å². The number of nitrogens with zero attached hydrogens (tertiary/aromatic N) is 3. The topological polar surface area (TPSA) is 82.7 Å². The summed E-state index contributed by atoms with van der Waals surface area (Å²) < 4.78 is 10.7. The van der Waals surface area contributed by atoms with Crippen LogP contribution in [0.25, 0.3) is 11.1 Å². The Bertz CT molecular complexity index is 985. The van der Waals surface area contributed by atoms with Crippen LogP contribution in [0.4, 0.5) is 10.5 Å². The van der Waals surface area contributed by atoms with Crippen LogP contribution in [-0.2, 0) is 11.3 Å². The fraction of sp³-hybridized carbons (Fsp3) is 0.333. The molecule has 1 aliphatic rings. The second-order valence-corrected chi connectivity index (χ2v) is 7.65. The number of hydrogen-bond acceptors (Lipinski definition) is 5. The number of anilines is 1. The number of amides is 2. The number of hydrogen-bond donors (Lipinski definition) is 2. The molecular formula is C24H29N5O3. The lowest BCUT2D eigenvalue weighted by molar-refractivity contribution is 0.0393. The van der Waals surface area contributed by atoms with Crippen LogP contribution >= 0.6 is 0 Å². The fourth-order valence-corrected chi connectivity index (χ4v) is 3.71. The van der Waals surface area contributed by atoms with Gasteiger partial charge in [0.1, 0.15) is 5.75 Å². The molecule has 0 atom stereocenters. The Morgan fingerprint density at radius 3 is 2.72 bits per heavy atom. The molecule has 2 N–H and O–H groups in total. The first-order valence-electron chi connectivity index (χ1n) is 10.8. The maximum atomic E-state index is 13.2. The van der Waals surface area contributed by atoms with Crippen molar-refractivity contribution in [3.63, 3.8) is 0 Å². The smallest absolute Gasteiger partial charge is 0.322 e. The van der Waals surface area contributed by atoms with Gasteiger partial charge < -0.3 is 14.8 Å². The van der Waals surface area contributed by atoms with Crippen molar-refractivity contribution in [2.45, 2.75) is 6.54 Å². The van der Waals surface area contributed by atoms with Gasteiger partial charge in [0.15, 0.2) is 0 Å². The molecule has 4 rings (SSSR count). The molecule has 8 nitrogen and oxygen atoms in total. The minimum Gasteiger partial charge on any atom is -0.497 e. The summed E-state index contributed by atoms with van der Waals surface area (Å²) in [6, 6.07) is 15.6. The predicted molar refractivity (Wildman–Crippen MR) is 124 cm³/mol. The van der Waals surface area contributed by atoms with Gasteiger partial charge in [-0.1, -0.05) is 24.3 Å². The maximum absolute atomic E-state index is 13.2. The number of carbonyl (C=O) groups is 1. The van der Waals surface area contributed by atoms with Gasteiger partial charge in [-0.2, -0.15) is 5.10 Å². The lowest BCUT2D eigenvalue weighted by atomic mass is 10.1. The molecule has 32 heavy (non-hydrogen) atoms. The highest BCUT2D eigenvalue weighted by Crippen LogP contribution is 2.23. The van der Waals surface area contributed by atoms with Crippen molar-refractivity contribution in [1.82, 2.24) is 20.4 Å². The van der Waals surface area contributed by atoms with E-state index in [9.17, 15) is 4.79 Å². The van der Waals surface area contributed by atoms with Crippen molar-refractivity contribution in [3.05, 3.63) is 66.5 Å². The van der Waals surface area contributed by atoms with Crippen LogP contribution in [0.1, 0.15) is 5.56 Å². The van der Waals surface area contributed by atoms with E-state index in [-0.39, 0.29) is 6.03 Å². The third-order valence-electron chi connectivity index (χ3n) is 5.58. The second-order valence-electron chi connectivity index (χ2n) is 7.65. The number of aromatic amines is 1.